The average Bonchev–Trinajstić information content (AvgIpc) is 3.03. The third-order valence-electron chi connectivity index (χ3n) is 4.60. The highest BCUT2D eigenvalue weighted by Crippen LogP contribution is 2.45. The number of likely N-dealkylation sites (N-methyl/N-ethyl adjacent to an activating group) is 2. The van der Waals surface area contributed by atoms with Gasteiger partial charge in [0.2, 0.25) is 0 Å². The fourth-order valence-electron chi connectivity index (χ4n) is 3.41. The molecule has 0 aromatic heterocycles. The normalized spacial score (nSPS) is 17.1. The van der Waals surface area contributed by atoms with E-state index in [2.05, 4.69) is 15.9 Å². The zero-order valence-corrected chi connectivity index (χ0v) is 15.4. The maximum absolute atomic E-state index is 13.0. The first-order chi connectivity index (χ1) is 12.0. The van der Waals surface area contributed by atoms with Gasteiger partial charge in [-0.2, -0.15) is 0 Å². The van der Waals surface area contributed by atoms with E-state index in [-0.39, 0.29) is 11.8 Å². The maximum Gasteiger partial charge on any atom is 0.261 e. The first kappa shape index (κ1) is 15.8. The summed E-state index contributed by atoms with van der Waals surface area (Å²) >= 11 is 3.42. The molecule has 0 unspecified atom stereocenters. The monoisotopic (exact) mass is 394 g/mol. The molecule has 2 aromatic carbocycles. The summed E-state index contributed by atoms with van der Waals surface area (Å²) in [6.45, 7) is 0. The average molecular weight is 395 g/mol. The summed E-state index contributed by atoms with van der Waals surface area (Å²) in [5.74, 6) is -0.297. The Morgan fingerprint density at radius 2 is 1.12 bits per heavy atom. The number of nitrogens with zero attached hydrogens (tertiary/aromatic N) is 2. The van der Waals surface area contributed by atoms with E-state index in [0.717, 1.165) is 15.6 Å². The summed E-state index contributed by atoms with van der Waals surface area (Å²) in [4.78, 5) is 29.0. The Morgan fingerprint density at radius 3 is 1.60 bits per heavy atom. The molecule has 2 aliphatic heterocycles. The van der Waals surface area contributed by atoms with Gasteiger partial charge in [-0.05, 0) is 23.3 Å². The summed E-state index contributed by atoms with van der Waals surface area (Å²) in [5.41, 5.74) is 4.01. The molecule has 2 aromatic rings. The van der Waals surface area contributed by atoms with Crippen LogP contribution < -0.4 is 0 Å². The Kier molecular flexibility index (Phi) is 3.62. The summed E-state index contributed by atoms with van der Waals surface area (Å²) in [5, 5.41) is 0. The van der Waals surface area contributed by atoms with Crippen LogP contribution in [0.2, 0.25) is 0 Å². The molecule has 0 spiro atoms. The molecular formula is C20H15BrN2O2. The summed E-state index contributed by atoms with van der Waals surface area (Å²) in [6.07, 6.45) is 0. The Bertz CT molecular complexity index is 959. The lowest BCUT2D eigenvalue weighted by molar-refractivity contribution is -0.123. The van der Waals surface area contributed by atoms with Gasteiger partial charge in [0.05, 0.1) is 22.5 Å². The molecule has 0 saturated heterocycles. The number of carbonyl (C=O) groups is 2. The van der Waals surface area contributed by atoms with Crippen molar-refractivity contribution in [3.05, 3.63) is 81.3 Å². The number of hydrogen-bond acceptors (Lipinski definition) is 2. The highest BCUT2D eigenvalue weighted by molar-refractivity contribution is 9.10. The van der Waals surface area contributed by atoms with Crippen molar-refractivity contribution >= 4 is 39.1 Å². The molecule has 0 fully saturated rings. The first-order valence-electron chi connectivity index (χ1n) is 7.87. The number of hydrogen-bond donors (Lipinski definition) is 0. The zero-order valence-electron chi connectivity index (χ0n) is 13.8. The van der Waals surface area contributed by atoms with Crippen molar-refractivity contribution in [3.8, 4) is 0 Å². The van der Waals surface area contributed by atoms with Crippen LogP contribution in [0.25, 0.3) is 11.4 Å². The minimum Gasteiger partial charge on any atom is -0.310 e. The molecule has 0 N–H and O–H groups in total. The van der Waals surface area contributed by atoms with Crippen molar-refractivity contribution < 1.29 is 9.59 Å². The van der Waals surface area contributed by atoms with Gasteiger partial charge in [-0.1, -0.05) is 58.4 Å². The predicted molar refractivity (Wildman–Crippen MR) is 100.0 cm³/mol. The minimum absolute atomic E-state index is 0.149. The Balaban J connectivity index is 1.99. The fraction of sp³-hybridized carbons (Fsp3) is 0.100. The highest BCUT2D eigenvalue weighted by atomic mass is 79.9. The van der Waals surface area contributed by atoms with Crippen LogP contribution in [0.4, 0.5) is 0 Å². The van der Waals surface area contributed by atoms with E-state index in [1.165, 1.54) is 0 Å². The lowest BCUT2D eigenvalue weighted by atomic mass is 10.0. The minimum atomic E-state index is -0.149. The molecule has 124 valence electrons. The van der Waals surface area contributed by atoms with Crippen LogP contribution in [0.15, 0.2) is 70.2 Å². The molecule has 5 heteroatoms. The molecule has 0 bridgehead atoms. The van der Waals surface area contributed by atoms with Gasteiger partial charge in [0.25, 0.3) is 11.8 Å². The lowest BCUT2D eigenvalue weighted by Crippen LogP contribution is -2.25. The van der Waals surface area contributed by atoms with Gasteiger partial charge in [0.1, 0.15) is 0 Å². The van der Waals surface area contributed by atoms with E-state index in [1.807, 2.05) is 54.6 Å². The van der Waals surface area contributed by atoms with E-state index in [0.29, 0.717) is 22.5 Å². The predicted octanol–water partition coefficient (Wildman–Crippen LogP) is 3.52. The van der Waals surface area contributed by atoms with Gasteiger partial charge in [-0.15, -0.1) is 0 Å². The van der Waals surface area contributed by atoms with Crippen molar-refractivity contribution in [2.45, 2.75) is 0 Å². The van der Waals surface area contributed by atoms with E-state index in [4.69, 9.17) is 0 Å². The van der Waals surface area contributed by atoms with E-state index in [9.17, 15) is 9.59 Å². The molecule has 25 heavy (non-hydrogen) atoms. The van der Waals surface area contributed by atoms with Crippen molar-refractivity contribution in [2.24, 2.45) is 0 Å². The van der Waals surface area contributed by atoms with E-state index < -0.39 is 0 Å². The van der Waals surface area contributed by atoms with Crippen LogP contribution in [0, 0.1) is 0 Å². The summed E-state index contributed by atoms with van der Waals surface area (Å²) in [7, 11) is 3.43. The maximum atomic E-state index is 13.0. The van der Waals surface area contributed by atoms with Gasteiger partial charge in [0.15, 0.2) is 0 Å². The number of fused-ring (bicyclic) bond motifs is 1. The molecule has 2 aliphatic rings. The van der Waals surface area contributed by atoms with Crippen molar-refractivity contribution in [1.29, 1.82) is 0 Å². The van der Waals surface area contributed by atoms with Crippen molar-refractivity contribution in [1.82, 2.24) is 9.80 Å². The molecule has 0 aliphatic carbocycles. The van der Waals surface area contributed by atoms with Gasteiger partial charge in [-0.3, -0.25) is 9.59 Å². The van der Waals surface area contributed by atoms with E-state index in [1.54, 1.807) is 23.9 Å². The van der Waals surface area contributed by atoms with Gasteiger partial charge >= 0.3 is 0 Å². The molecule has 0 atom stereocenters. The molecule has 2 heterocycles. The number of rotatable bonds is 2. The standard InChI is InChI=1S/C20H15BrN2O2/c1-22-17(12-6-4-3-5-7-12)15-16(20(22)25)18(23(2)19(15)24)13-8-10-14(21)11-9-13/h3-11H,1-2H3. The third-order valence-corrected chi connectivity index (χ3v) is 5.12. The van der Waals surface area contributed by atoms with Crippen LogP contribution in [0.1, 0.15) is 11.1 Å². The fourth-order valence-corrected chi connectivity index (χ4v) is 3.67. The quantitative estimate of drug-likeness (QED) is 0.781. The molecule has 0 saturated carbocycles. The van der Waals surface area contributed by atoms with Gasteiger partial charge in [-0.25, -0.2) is 0 Å². The highest BCUT2D eigenvalue weighted by Gasteiger charge is 2.46. The summed E-state index contributed by atoms with van der Waals surface area (Å²) < 4.78 is 0.949. The van der Waals surface area contributed by atoms with Crippen LogP contribution in [-0.2, 0) is 9.59 Å². The van der Waals surface area contributed by atoms with E-state index >= 15 is 0 Å². The summed E-state index contributed by atoms with van der Waals surface area (Å²) in [6, 6.07) is 17.2. The second-order valence-electron chi connectivity index (χ2n) is 6.05. The third kappa shape index (κ3) is 2.27. The number of halogens is 1. The Labute approximate surface area is 154 Å². The van der Waals surface area contributed by atoms with Crippen LogP contribution in [0.5, 0.6) is 0 Å². The number of amides is 2. The Morgan fingerprint density at radius 1 is 0.680 bits per heavy atom. The van der Waals surface area contributed by atoms with Gasteiger partial charge in [0, 0.05) is 18.6 Å². The van der Waals surface area contributed by atoms with Crippen LogP contribution in [-0.4, -0.2) is 35.7 Å². The first-order valence-corrected chi connectivity index (χ1v) is 8.66. The van der Waals surface area contributed by atoms with Crippen LogP contribution in [0.3, 0.4) is 0 Å². The number of benzene rings is 2. The Hall–Kier alpha value is -2.66. The molecule has 0 radical (unpaired) electrons. The topological polar surface area (TPSA) is 40.6 Å². The molecular weight excluding hydrogens is 380 g/mol. The largest absolute Gasteiger partial charge is 0.310 e. The van der Waals surface area contributed by atoms with Gasteiger partial charge < -0.3 is 9.80 Å². The SMILES string of the molecule is CN1C(=O)C2=C(c3ccc(Br)cc3)N(C)C(=O)C2=C1c1ccccc1. The van der Waals surface area contributed by atoms with Crippen molar-refractivity contribution in [2.75, 3.05) is 14.1 Å². The van der Waals surface area contributed by atoms with Crippen molar-refractivity contribution in [3.63, 3.8) is 0 Å². The molecule has 2 amide bonds. The lowest BCUT2D eigenvalue weighted by Gasteiger charge is -2.19. The zero-order chi connectivity index (χ0) is 17.7. The second-order valence-corrected chi connectivity index (χ2v) is 6.96. The molecule has 4 nitrogen and oxygen atoms in total. The molecule has 4 rings (SSSR count). The second kappa shape index (κ2) is 5.70. The smallest absolute Gasteiger partial charge is 0.261 e. The number of carbonyl (C=O) groups excluding carboxylic acids is 2. The van der Waals surface area contributed by atoms with Crippen LogP contribution >= 0.6 is 15.9 Å².